The molecule has 0 aliphatic rings. The highest BCUT2D eigenvalue weighted by Crippen LogP contribution is 2.24. The number of anilines is 1. The highest BCUT2D eigenvalue weighted by Gasteiger charge is 2.24. The fourth-order valence-corrected chi connectivity index (χ4v) is 4.32. The van der Waals surface area contributed by atoms with Crippen LogP contribution in [0.4, 0.5) is 5.69 Å². The van der Waals surface area contributed by atoms with Crippen molar-refractivity contribution in [1.82, 2.24) is 5.32 Å². The molecular formula is C25H26N2O4S. The molecule has 6 nitrogen and oxygen atoms in total. The molecule has 32 heavy (non-hydrogen) atoms. The summed E-state index contributed by atoms with van der Waals surface area (Å²) in [5, 5.41) is 2.97. The summed E-state index contributed by atoms with van der Waals surface area (Å²) in [6, 6.07) is 23.1. The molecule has 166 valence electrons. The lowest BCUT2D eigenvalue weighted by Crippen LogP contribution is -2.41. The molecule has 3 aromatic rings. The quantitative estimate of drug-likeness (QED) is 0.528. The first-order chi connectivity index (χ1) is 15.1. The zero-order valence-electron chi connectivity index (χ0n) is 18.3. The number of carbonyl (C=O) groups excluding carboxylic acids is 2. The third-order valence-electron chi connectivity index (χ3n) is 5.04. The van der Waals surface area contributed by atoms with Crippen LogP contribution in [0.5, 0.6) is 0 Å². The Labute approximate surface area is 188 Å². The van der Waals surface area contributed by atoms with E-state index in [1.165, 1.54) is 13.0 Å². The minimum Gasteiger partial charge on any atom is -0.344 e. The highest BCUT2D eigenvalue weighted by atomic mass is 32.2. The maximum absolute atomic E-state index is 13.1. The lowest BCUT2D eigenvalue weighted by atomic mass is 9.97. The van der Waals surface area contributed by atoms with E-state index in [2.05, 4.69) is 5.32 Å². The van der Waals surface area contributed by atoms with E-state index in [4.69, 9.17) is 0 Å². The van der Waals surface area contributed by atoms with Crippen LogP contribution in [0, 0.1) is 6.92 Å². The first-order valence-electron chi connectivity index (χ1n) is 10.1. The second-order valence-electron chi connectivity index (χ2n) is 7.70. The van der Waals surface area contributed by atoms with Crippen molar-refractivity contribution >= 4 is 27.4 Å². The second-order valence-corrected chi connectivity index (χ2v) is 9.61. The maximum atomic E-state index is 13.1. The van der Waals surface area contributed by atoms with Crippen LogP contribution in [-0.4, -0.2) is 32.9 Å². The van der Waals surface area contributed by atoms with Gasteiger partial charge in [-0.3, -0.25) is 13.9 Å². The highest BCUT2D eigenvalue weighted by molar-refractivity contribution is 7.92. The normalized spacial score (nSPS) is 12.1. The van der Waals surface area contributed by atoms with Crippen LogP contribution in [0.15, 0.2) is 78.9 Å². The van der Waals surface area contributed by atoms with Gasteiger partial charge in [-0.2, -0.15) is 0 Å². The molecule has 1 unspecified atom stereocenters. The fraction of sp³-hybridized carbons (Fsp3) is 0.200. The van der Waals surface area contributed by atoms with Crippen molar-refractivity contribution < 1.29 is 18.0 Å². The van der Waals surface area contributed by atoms with Crippen molar-refractivity contribution in [2.75, 3.05) is 17.1 Å². The Morgan fingerprint density at radius 3 is 2.19 bits per heavy atom. The minimum absolute atomic E-state index is 0.187. The largest absolute Gasteiger partial charge is 0.344 e. The van der Waals surface area contributed by atoms with E-state index in [0.717, 1.165) is 27.3 Å². The standard InChI is InChI=1S/C25H26N2O4S/c1-18-9-7-13-22(15-18)25(20-10-5-4-6-11-20)26-24(29)17-27(32(3,30)31)23-14-8-12-21(16-23)19(2)28/h4-16,25H,17H2,1-3H3,(H,26,29). The Hall–Kier alpha value is -3.45. The van der Waals surface area contributed by atoms with Crippen LogP contribution in [-0.2, 0) is 14.8 Å². The van der Waals surface area contributed by atoms with Crippen LogP contribution in [0.3, 0.4) is 0 Å². The molecule has 0 heterocycles. The Morgan fingerprint density at radius 1 is 0.906 bits per heavy atom. The molecule has 7 heteroatoms. The van der Waals surface area contributed by atoms with Gasteiger partial charge in [-0.05, 0) is 37.1 Å². The third kappa shape index (κ3) is 5.82. The molecule has 0 fully saturated rings. The third-order valence-corrected chi connectivity index (χ3v) is 6.18. The van der Waals surface area contributed by atoms with Gasteiger partial charge >= 0.3 is 0 Å². The van der Waals surface area contributed by atoms with Crippen molar-refractivity contribution in [1.29, 1.82) is 0 Å². The molecule has 0 radical (unpaired) electrons. The summed E-state index contributed by atoms with van der Waals surface area (Å²) in [5.41, 5.74) is 3.47. The second kappa shape index (κ2) is 9.78. The van der Waals surface area contributed by atoms with Crippen LogP contribution < -0.4 is 9.62 Å². The number of sulfonamides is 1. The molecule has 1 atom stereocenters. The summed E-state index contributed by atoms with van der Waals surface area (Å²) < 4.78 is 26.0. The van der Waals surface area contributed by atoms with Gasteiger partial charge in [0.05, 0.1) is 18.0 Å². The Morgan fingerprint density at radius 2 is 1.56 bits per heavy atom. The minimum atomic E-state index is -3.77. The molecule has 0 aromatic heterocycles. The van der Waals surface area contributed by atoms with Gasteiger partial charge < -0.3 is 5.32 Å². The number of nitrogens with zero attached hydrogens (tertiary/aromatic N) is 1. The molecule has 1 N–H and O–H groups in total. The average molecular weight is 451 g/mol. The Bertz CT molecular complexity index is 1220. The van der Waals surface area contributed by atoms with Gasteiger partial charge in [-0.1, -0.05) is 72.3 Å². The lowest BCUT2D eigenvalue weighted by molar-refractivity contribution is -0.120. The van der Waals surface area contributed by atoms with Crippen molar-refractivity contribution in [3.8, 4) is 0 Å². The number of carbonyl (C=O) groups is 2. The molecule has 0 aliphatic heterocycles. The summed E-state index contributed by atoms with van der Waals surface area (Å²) in [4.78, 5) is 24.8. The van der Waals surface area contributed by atoms with Gasteiger partial charge in [0.25, 0.3) is 0 Å². The number of ketones is 1. The summed E-state index contributed by atoms with van der Waals surface area (Å²) in [6.45, 7) is 2.97. The molecule has 0 aliphatic carbocycles. The van der Waals surface area contributed by atoms with Gasteiger partial charge in [-0.25, -0.2) is 8.42 Å². The van der Waals surface area contributed by atoms with Crippen LogP contribution in [0.2, 0.25) is 0 Å². The van der Waals surface area contributed by atoms with Crippen LogP contribution >= 0.6 is 0 Å². The van der Waals surface area contributed by atoms with E-state index in [1.54, 1.807) is 18.2 Å². The number of rotatable bonds is 8. The van der Waals surface area contributed by atoms with E-state index < -0.39 is 28.5 Å². The van der Waals surface area contributed by atoms with Crippen molar-refractivity contribution in [3.05, 3.63) is 101 Å². The summed E-state index contributed by atoms with van der Waals surface area (Å²) in [6.07, 6.45) is 1.04. The van der Waals surface area contributed by atoms with E-state index in [9.17, 15) is 18.0 Å². The zero-order valence-corrected chi connectivity index (χ0v) is 19.1. The van der Waals surface area contributed by atoms with E-state index in [1.807, 2.05) is 61.5 Å². The number of hydrogen-bond donors (Lipinski definition) is 1. The molecule has 3 aromatic carbocycles. The monoisotopic (exact) mass is 450 g/mol. The molecule has 3 rings (SSSR count). The molecule has 0 bridgehead atoms. The average Bonchev–Trinajstić information content (AvgIpc) is 2.75. The van der Waals surface area contributed by atoms with Gasteiger partial charge in [-0.15, -0.1) is 0 Å². The maximum Gasteiger partial charge on any atom is 0.241 e. The topological polar surface area (TPSA) is 83.6 Å². The van der Waals surface area contributed by atoms with Crippen molar-refractivity contribution in [2.24, 2.45) is 0 Å². The van der Waals surface area contributed by atoms with E-state index in [-0.39, 0.29) is 11.5 Å². The number of aryl methyl sites for hydroxylation is 1. The molecule has 1 amide bonds. The Kier molecular flexibility index (Phi) is 7.10. The zero-order chi connectivity index (χ0) is 23.3. The van der Waals surface area contributed by atoms with Gasteiger partial charge in [0.2, 0.25) is 15.9 Å². The smallest absolute Gasteiger partial charge is 0.241 e. The number of nitrogens with one attached hydrogen (secondary N) is 1. The van der Waals surface area contributed by atoms with E-state index in [0.29, 0.717) is 5.56 Å². The Balaban J connectivity index is 1.91. The van der Waals surface area contributed by atoms with Crippen molar-refractivity contribution in [3.63, 3.8) is 0 Å². The number of Topliss-reactive ketones (excluding diaryl/α,β-unsaturated/α-hetero) is 1. The van der Waals surface area contributed by atoms with Gasteiger partial charge in [0, 0.05) is 5.56 Å². The van der Waals surface area contributed by atoms with Crippen LogP contribution in [0.25, 0.3) is 0 Å². The van der Waals surface area contributed by atoms with Crippen molar-refractivity contribution in [2.45, 2.75) is 19.9 Å². The SMILES string of the molecule is CC(=O)c1cccc(N(CC(=O)NC(c2ccccc2)c2cccc(C)c2)S(C)(=O)=O)c1. The molecular weight excluding hydrogens is 424 g/mol. The van der Waals surface area contributed by atoms with Gasteiger partial charge in [0.15, 0.2) is 5.78 Å². The van der Waals surface area contributed by atoms with Crippen LogP contribution in [0.1, 0.15) is 40.0 Å². The summed E-state index contributed by atoms with van der Waals surface area (Å²) in [7, 11) is -3.77. The van der Waals surface area contributed by atoms with E-state index >= 15 is 0 Å². The molecule has 0 saturated heterocycles. The summed E-state index contributed by atoms with van der Waals surface area (Å²) in [5.74, 6) is -0.646. The fourth-order valence-electron chi connectivity index (χ4n) is 3.47. The number of amides is 1. The first-order valence-corrected chi connectivity index (χ1v) is 12.0. The molecule has 0 spiro atoms. The predicted octanol–water partition coefficient (Wildman–Crippen LogP) is 3.87. The number of benzene rings is 3. The number of hydrogen-bond acceptors (Lipinski definition) is 4. The molecule has 0 saturated carbocycles. The lowest BCUT2D eigenvalue weighted by Gasteiger charge is -2.25. The first kappa shape index (κ1) is 23.2. The summed E-state index contributed by atoms with van der Waals surface area (Å²) >= 11 is 0. The van der Waals surface area contributed by atoms with Gasteiger partial charge in [0.1, 0.15) is 6.54 Å². The predicted molar refractivity (Wildman–Crippen MR) is 126 cm³/mol.